The summed E-state index contributed by atoms with van der Waals surface area (Å²) in [5.74, 6) is 0. The number of nitrogens with zero attached hydrogens (tertiary/aromatic N) is 1. The minimum Gasteiger partial charge on any atom is -0.329 e. The first-order valence-corrected chi connectivity index (χ1v) is 7.90. The lowest BCUT2D eigenvalue weighted by Crippen LogP contribution is -2.40. The molecule has 0 bridgehead atoms. The van der Waals surface area contributed by atoms with Crippen LogP contribution in [0.1, 0.15) is 12.0 Å². The molecular formula is C17H22N2S. The fraction of sp³-hybridized carbons (Fsp3) is 0.412. The quantitative estimate of drug-likeness (QED) is 0.846. The average Bonchev–Trinajstić information content (AvgIpc) is 2.85. The van der Waals surface area contributed by atoms with E-state index < -0.39 is 0 Å². The van der Waals surface area contributed by atoms with Gasteiger partial charge in [0.1, 0.15) is 0 Å². The van der Waals surface area contributed by atoms with Crippen molar-refractivity contribution in [3.8, 4) is 0 Å². The van der Waals surface area contributed by atoms with E-state index >= 15 is 0 Å². The number of fused-ring (bicyclic) bond motifs is 1. The molecule has 1 saturated heterocycles. The molecule has 2 unspecified atom stereocenters. The first-order valence-electron chi connectivity index (χ1n) is 7.38. The Hall–Kier alpha value is -1.03. The number of thiol groups is 1. The standard InChI is InChI=1S/C17H22N2S/c18-12-16-17(20)9-11-19(16)10-8-14-6-3-5-13-4-1-2-7-15(13)14/h1-7,16-17,20H,8-12,18H2. The second-order valence-corrected chi connectivity index (χ2v) is 6.25. The zero-order valence-corrected chi connectivity index (χ0v) is 12.6. The van der Waals surface area contributed by atoms with Crippen LogP contribution in [0.3, 0.4) is 0 Å². The molecule has 3 rings (SSSR count). The van der Waals surface area contributed by atoms with E-state index in [4.69, 9.17) is 5.73 Å². The fourth-order valence-corrected chi connectivity index (χ4v) is 3.68. The second-order valence-electron chi connectivity index (χ2n) is 5.58. The Morgan fingerprint density at radius 1 is 1.15 bits per heavy atom. The van der Waals surface area contributed by atoms with Crippen molar-refractivity contribution in [2.45, 2.75) is 24.1 Å². The molecule has 2 aromatic rings. The molecular weight excluding hydrogens is 264 g/mol. The van der Waals surface area contributed by atoms with E-state index in [0.717, 1.165) is 25.9 Å². The summed E-state index contributed by atoms with van der Waals surface area (Å²) in [6.07, 6.45) is 2.23. The molecule has 0 radical (unpaired) electrons. The van der Waals surface area contributed by atoms with Crippen LogP contribution in [0.25, 0.3) is 10.8 Å². The number of benzene rings is 2. The Bertz CT molecular complexity index is 579. The minimum absolute atomic E-state index is 0.438. The first-order chi connectivity index (χ1) is 9.79. The van der Waals surface area contributed by atoms with Crippen LogP contribution in [0, 0.1) is 0 Å². The zero-order valence-electron chi connectivity index (χ0n) is 11.7. The van der Waals surface area contributed by atoms with E-state index in [0.29, 0.717) is 17.8 Å². The monoisotopic (exact) mass is 286 g/mol. The van der Waals surface area contributed by atoms with Crippen LogP contribution < -0.4 is 5.73 Å². The van der Waals surface area contributed by atoms with Crippen molar-refractivity contribution in [3.05, 3.63) is 48.0 Å². The summed E-state index contributed by atoms with van der Waals surface area (Å²) >= 11 is 4.64. The predicted octanol–water partition coefficient (Wildman–Crippen LogP) is 2.71. The maximum Gasteiger partial charge on any atom is 0.0335 e. The summed E-state index contributed by atoms with van der Waals surface area (Å²) in [6, 6.07) is 15.6. The van der Waals surface area contributed by atoms with E-state index in [-0.39, 0.29) is 0 Å². The van der Waals surface area contributed by atoms with Gasteiger partial charge in [-0.2, -0.15) is 12.6 Å². The highest BCUT2D eigenvalue weighted by Gasteiger charge is 2.30. The van der Waals surface area contributed by atoms with Gasteiger partial charge in [0.05, 0.1) is 0 Å². The number of rotatable bonds is 4. The normalized spacial score (nSPS) is 23.5. The van der Waals surface area contributed by atoms with Gasteiger partial charge in [-0.15, -0.1) is 0 Å². The van der Waals surface area contributed by atoms with E-state index in [2.05, 4.69) is 60.0 Å². The van der Waals surface area contributed by atoms with Crippen LogP contribution in [0.2, 0.25) is 0 Å². The van der Waals surface area contributed by atoms with Crippen LogP contribution in [-0.4, -0.2) is 35.8 Å². The van der Waals surface area contributed by atoms with Crippen LogP contribution >= 0.6 is 12.6 Å². The molecule has 20 heavy (non-hydrogen) atoms. The van der Waals surface area contributed by atoms with Gasteiger partial charge in [0, 0.05) is 24.4 Å². The van der Waals surface area contributed by atoms with Gasteiger partial charge < -0.3 is 5.73 Å². The maximum atomic E-state index is 5.88. The molecule has 0 amide bonds. The minimum atomic E-state index is 0.438. The molecule has 1 fully saturated rings. The molecule has 0 spiro atoms. The van der Waals surface area contributed by atoms with Gasteiger partial charge in [0.25, 0.3) is 0 Å². The van der Waals surface area contributed by atoms with E-state index in [9.17, 15) is 0 Å². The molecule has 0 saturated carbocycles. The third-order valence-corrected chi connectivity index (χ3v) is 5.02. The molecule has 1 heterocycles. The third-order valence-electron chi connectivity index (χ3n) is 4.42. The molecule has 2 atom stereocenters. The Morgan fingerprint density at radius 3 is 2.80 bits per heavy atom. The smallest absolute Gasteiger partial charge is 0.0335 e. The van der Waals surface area contributed by atoms with Gasteiger partial charge in [-0.3, -0.25) is 4.90 Å². The van der Waals surface area contributed by atoms with Crippen molar-refractivity contribution in [3.63, 3.8) is 0 Å². The SMILES string of the molecule is NCC1C(S)CCN1CCc1cccc2ccccc12. The topological polar surface area (TPSA) is 29.3 Å². The Balaban J connectivity index is 1.74. The van der Waals surface area contributed by atoms with Crippen LogP contribution in [-0.2, 0) is 6.42 Å². The number of likely N-dealkylation sites (tertiary alicyclic amines) is 1. The Morgan fingerprint density at radius 2 is 1.95 bits per heavy atom. The lowest BCUT2D eigenvalue weighted by atomic mass is 10.0. The summed E-state index contributed by atoms with van der Waals surface area (Å²) in [7, 11) is 0. The van der Waals surface area contributed by atoms with Crippen molar-refractivity contribution in [2.24, 2.45) is 5.73 Å². The van der Waals surface area contributed by atoms with E-state index in [1.165, 1.54) is 16.3 Å². The Labute approximate surface area is 126 Å². The van der Waals surface area contributed by atoms with Crippen molar-refractivity contribution in [1.82, 2.24) is 4.90 Å². The van der Waals surface area contributed by atoms with Crippen LogP contribution in [0.4, 0.5) is 0 Å². The highest BCUT2D eigenvalue weighted by molar-refractivity contribution is 7.81. The van der Waals surface area contributed by atoms with Gasteiger partial charge in [-0.1, -0.05) is 42.5 Å². The third kappa shape index (κ3) is 2.71. The molecule has 0 aromatic heterocycles. The summed E-state index contributed by atoms with van der Waals surface area (Å²) in [5.41, 5.74) is 7.32. The average molecular weight is 286 g/mol. The number of hydrogen-bond donors (Lipinski definition) is 2. The molecule has 1 aliphatic rings. The lowest BCUT2D eigenvalue weighted by Gasteiger charge is -2.25. The van der Waals surface area contributed by atoms with Crippen LogP contribution in [0.15, 0.2) is 42.5 Å². The molecule has 3 heteroatoms. The van der Waals surface area contributed by atoms with Crippen LogP contribution in [0.5, 0.6) is 0 Å². The van der Waals surface area contributed by atoms with Gasteiger partial charge >= 0.3 is 0 Å². The lowest BCUT2D eigenvalue weighted by molar-refractivity contribution is 0.264. The van der Waals surface area contributed by atoms with Crippen molar-refractivity contribution >= 4 is 23.4 Å². The van der Waals surface area contributed by atoms with Gasteiger partial charge in [-0.25, -0.2) is 0 Å². The van der Waals surface area contributed by atoms with Gasteiger partial charge in [-0.05, 0) is 35.7 Å². The van der Waals surface area contributed by atoms with Gasteiger partial charge in [0.15, 0.2) is 0 Å². The summed E-state index contributed by atoms with van der Waals surface area (Å²) in [6.45, 7) is 2.91. The van der Waals surface area contributed by atoms with Crippen molar-refractivity contribution in [1.29, 1.82) is 0 Å². The molecule has 2 aromatic carbocycles. The highest BCUT2D eigenvalue weighted by atomic mass is 32.1. The van der Waals surface area contributed by atoms with E-state index in [1.807, 2.05) is 0 Å². The largest absolute Gasteiger partial charge is 0.329 e. The Kier molecular flexibility index (Phi) is 4.29. The van der Waals surface area contributed by atoms with Gasteiger partial charge in [0.2, 0.25) is 0 Å². The molecule has 1 aliphatic heterocycles. The molecule has 0 aliphatic carbocycles. The molecule has 106 valence electrons. The first kappa shape index (κ1) is 13.9. The van der Waals surface area contributed by atoms with Crippen molar-refractivity contribution < 1.29 is 0 Å². The second kappa shape index (κ2) is 6.17. The summed E-state index contributed by atoms with van der Waals surface area (Å²) in [4.78, 5) is 2.50. The summed E-state index contributed by atoms with van der Waals surface area (Å²) in [5, 5.41) is 3.14. The molecule has 2 nitrogen and oxygen atoms in total. The summed E-state index contributed by atoms with van der Waals surface area (Å²) < 4.78 is 0. The van der Waals surface area contributed by atoms with Crippen molar-refractivity contribution in [2.75, 3.05) is 19.6 Å². The fourth-order valence-electron chi connectivity index (χ4n) is 3.26. The zero-order chi connectivity index (χ0) is 13.9. The predicted molar refractivity (Wildman–Crippen MR) is 89.5 cm³/mol. The molecule has 2 N–H and O–H groups in total. The number of hydrogen-bond acceptors (Lipinski definition) is 3. The number of nitrogens with two attached hydrogens (primary N) is 1. The highest BCUT2D eigenvalue weighted by Crippen LogP contribution is 2.24. The maximum absolute atomic E-state index is 5.88. The van der Waals surface area contributed by atoms with E-state index in [1.54, 1.807) is 0 Å².